The van der Waals surface area contributed by atoms with Gasteiger partial charge in [0.15, 0.2) is 5.65 Å². The van der Waals surface area contributed by atoms with Crippen LogP contribution in [0.1, 0.15) is 20.3 Å². The molecule has 24 heavy (non-hydrogen) atoms. The van der Waals surface area contributed by atoms with E-state index in [9.17, 15) is 9.90 Å². The predicted octanol–water partition coefficient (Wildman–Crippen LogP) is 2.73. The van der Waals surface area contributed by atoms with Gasteiger partial charge < -0.3 is 10.4 Å². The topological polar surface area (TPSA) is 92.9 Å². The number of anilines is 1. The van der Waals surface area contributed by atoms with Crippen molar-refractivity contribution < 1.29 is 9.90 Å². The van der Waals surface area contributed by atoms with Crippen molar-refractivity contribution in [2.75, 3.05) is 5.32 Å². The Balaban J connectivity index is 1.98. The Bertz CT molecular complexity index is 845. The maximum atomic E-state index is 11.5. The first-order valence-corrected chi connectivity index (χ1v) is 7.79. The Morgan fingerprint density at radius 2 is 2.00 bits per heavy atom. The molecule has 1 atom stereocenters. The molecule has 0 unspecified atom stereocenters. The van der Waals surface area contributed by atoms with E-state index >= 15 is 0 Å². The van der Waals surface area contributed by atoms with E-state index < -0.39 is 12.0 Å². The molecule has 0 fully saturated rings. The Hall–Kier alpha value is -2.96. The summed E-state index contributed by atoms with van der Waals surface area (Å²) in [5.41, 5.74) is 1.52. The number of benzene rings is 1. The number of carboxylic acid groups (broad SMARTS) is 1. The number of fused-ring (bicyclic) bond motifs is 1. The summed E-state index contributed by atoms with van der Waals surface area (Å²) in [6, 6.07) is 8.93. The molecule has 0 amide bonds. The molecule has 0 aliphatic carbocycles. The third-order valence-electron chi connectivity index (χ3n) is 3.68. The zero-order chi connectivity index (χ0) is 17.1. The van der Waals surface area contributed by atoms with Gasteiger partial charge in [0.2, 0.25) is 0 Å². The lowest BCUT2D eigenvalue weighted by atomic mass is 10.0. The normalized spacial score (nSPS) is 12.5. The summed E-state index contributed by atoms with van der Waals surface area (Å²) in [4.78, 5) is 20.0. The second-order valence-corrected chi connectivity index (χ2v) is 6.02. The third-order valence-corrected chi connectivity index (χ3v) is 3.68. The van der Waals surface area contributed by atoms with E-state index in [1.165, 1.54) is 6.33 Å². The van der Waals surface area contributed by atoms with Crippen LogP contribution in [0.4, 0.5) is 5.82 Å². The SMILES string of the molecule is CC(C)C[C@@H](Nc1ncnc2c1cnn2-c1ccccc1)C(=O)O. The van der Waals surface area contributed by atoms with Crippen LogP contribution < -0.4 is 5.32 Å². The Morgan fingerprint density at radius 1 is 1.25 bits per heavy atom. The van der Waals surface area contributed by atoms with Crippen molar-refractivity contribution in [3.8, 4) is 5.69 Å². The molecular formula is C17H19N5O2. The van der Waals surface area contributed by atoms with E-state index in [0.29, 0.717) is 23.3 Å². The fourth-order valence-corrected chi connectivity index (χ4v) is 2.58. The highest BCUT2D eigenvalue weighted by atomic mass is 16.4. The fraction of sp³-hybridized carbons (Fsp3) is 0.294. The standard InChI is InChI=1S/C17H19N5O2/c1-11(2)8-14(17(23)24)21-15-13-9-20-22(16(13)19-10-18-15)12-6-4-3-5-7-12/h3-7,9-11,14H,8H2,1-2H3,(H,23,24)(H,18,19,21)/t14-/m1/s1. The molecule has 124 valence electrons. The first kappa shape index (κ1) is 15.9. The minimum absolute atomic E-state index is 0.253. The summed E-state index contributed by atoms with van der Waals surface area (Å²) in [7, 11) is 0. The van der Waals surface area contributed by atoms with Gasteiger partial charge in [-0.3, -0.25) is 0 Å². The van der Waals surface area contributed by atoms with Crippen molar-refractivity contribution in [1.29, 1.82) is 0 Å². The Labute approximate surface area is 139 Å². The van der Waals surface area contributed by atoms with Crippen LogP contribution in [0.25, 0.3) is 16.7 Å². The first-order valence-electron chi connectivity index (χ1n) is 7.79. The summed E-state index contributed by atoms with van der Waals surface area (Å²) < 4.78 is 1.71. The van der Waals surface area contributed by atoms with E-state index in [2.05, 4.69) is 20.4 Å². The quantitative estimate of drug-likeness (QED) is 0.724. The van der Waals surface area contributed by atoms with Gasteiger partial charge in [-0.15, -0.1) is 0 Å². The molecule has 0 saturated heterocycles. The number of hydrogen-bond donors (Lipinski definition) is 2. The minimum atomic E-state index is -0.897. The molecule has 3 aromatic rings. The van der Waals surface area contributed by atoms with Crippen LogP contribution in [0.2, 0.25) is 0 Å². The molecule has 3 rings (SSSR count). The number of aromatic nitrogens is 4. The van der Waals surface area contributed by atoms with Gasteiger partial charge in [-0.25, -0.2) is 19.4 Å². The van der Waals surface area contributed by atoms with Crippen molar-refractivity contribution >= 4 is 22.8 Å². The molecule has 2 N–H and O–H groups in total. The van der Waals surface area contributed by atoms with Gasteiger partial charge in [-0.05, 0) is 24.5 Å². The minimum Gasteiger partial charge on any atom is -0.480 e. The van der Waals surface area contributed by atoms with Gasteiger partial charge in [0.1, 0.15) is 18.2 Å². The van der Waals surface area contributed by atoms with Crippen molar-refractivity contribution in [3.63, 3.8) is 0 Å². The average Bonchev–Trinajstić information content (AvgIpc) is 2.99. The highest BCUT2D eigenvalue weighted by Gasteiger charge is 2.21. The summed E-state index contributed by atoms with van der Waals surface area (Å²) >= 11 is 0. The van der Waals surface area contributed by atoms with Crippen LogP contribution in [-0.2, 0) is 4.79 Å². The first-order chi connectivity index (χ1) is 11.6. The summed E-state index contributed by atoms with van der Waals surface area (Å²) in [5, 5.41) is 17.5. The van der Waals surface area contributed by atoms with E-state index in [0.717, 1.165) is 5.69 Å². The maximum Gasteiger partial charge on any atom is 0.326 e. The zero-order valence-corrected chi connectivity index (χ0v) is 13.5. The van der Waals surface area contributed by atoms with Gasteiger partial charge in [0.05, 0.1) is 17.3 Å². The van der Waals surface area contributed by atoms with Gasteiger partial charge >= 0.3 is 5.97 Å². The summed E-state index contributed by atoms with van der Waals surface area (Å²) in [6.07, 6.45) is 3.58. The van der Waals surface area contributed by atoms with E-state index in [1.54, 1.807) is 10.9 Å². The lowest BCUT2D eigenvalue weighted by Gasteiger charge is -2.17. The van der Waals surface area contributed by atoms with Crippen molar-refractivity contribution in [1.82, 2.24) is 19.7 Å². The number of para-hydroxylation sites is 1. The second-order valence-electron chi connectivity index (χ2n) is 6.02. The van der Waals surface area contributed by atoms with Crippen LogP contribution in [-0.4, -0.2) is 36.9 Å². The number of rotatable bonds is 6. The molecular weight excluding hydrogens is 306 g/mol. The third kappa shape index (κ3) is 3.19. The van der Waals surface area contributed by atoms with E-state index in [1.807, 2.05) is 44.2 Å². The Morgan fingerprint density at radius 3 is 2.67 bits per heavy atom. The average molecular weight is 325 g/mol. The van der Waals surface area contributed by atoms with E-state index in [-0.39, 0.29) is 5.92 Å². The molecule has 0 radical (unpaired) electrons. The van der Waals surface area contributed by atoms with Gasteiger partial charge in [-0.1, -0.05) is 32.0 Å². The predicted molar refractivity (Wildman–Crippen MR) is 91.2 cm³/mol. The van der Waals surface area contributed by atoms with Crippen LogP contribution >= 0.6 is 0 Å². The van der Waals surface area contributed by atoms with Crippen LogP contribution in [0, 0.1) is 5.92 Å². The highest BCUT2D eigenvalue weighted by Crippen LogP contribution is 2.23. The highest BCUT2D eigenvalue weighted by molar-refractivity contribution is 5.89. The number of hydrogen-bond acceptors (Lipinski definition) is 5. The number of nitrogens with one attached hydrogen (secondary N) is 1. The molecule has 0 aliphatic rings. The number of nitrogens with zero attached hydrogens (tertiary/aromatic N) is 4. The number of carbonyl (C=O) groups is 1. The van der Waals surface area contributed by atoms with Gasteiger partial charge in [0, 0.05) is 0 Å². The molecule has 7 heteroatoms. The lowest BCUT2D eigenvalue weighted by Crippen LogP contribution is -2.31. The summed E-state index contributed by atoms with van der Waals surface area (Å²) in [6.45, 7) is 3.97. The fourth-order valence-electron chi connectivity index (χ4n) is 2.58. The molecule has 0 aliphatic heterocycles. The van der Waals surface area contributed by atoms with Crippen LogP contribution in [0.15, 0.2) is 42.9 Å². The molecule has 2 aromatic heterocycles. The smallest absolute Gasteiger partial charge is 0.326 e. The molecule has 0 bridgehead atoms. The van der Waals surface area contributed by atoms with Gasteiger partial charge in [-0.2, -0.15) is 5.10 Å². The molecule has 7 nitrogen and oxygen atoms in total. The molecule has 0 saturated carbocycles. The van der Waals surface area contributed by atoms with E-state index in [4.69, 9.17) is 0 Å². The van der Waals surface area contributed by atoms with Crippen LogP contribution in [0.5, 0.6) is 0 Å². The summed E-state index contributed by atoms with van der Waals surface area (Å²) in [5.74, 6) is -0.163. The Kier molecular flexibility index (Phi) is 4.41. The largest absolute Gasteiger partial charge is 0.480 e. The zero-order valence-electron chi connectivity index (χ0n) is 13.5. The molecule has 2 heterocycles. The monoisotopic (exact) mass is 325 g/mol. The number of carboxylic acids is 1. The number of aliphatic carboxylic acids is 1. The van der Waals surface area contributed by atoms with Crippen molar-refractivity contribution in [3.05, 3.63) is 42.9 Å². The van der Waals surface area contributed by atoms with Gasteiger partial charge in [0.25, 0.3) is 0 Å². The molecule has 1 aromatic carbocycles. The van der Waals surface area contributed by atoms with Crippen LogP contribution in [0.3, 0.4) is 0 Å². The van der Waals surface area contributed by atoms with Crippen molar-refractivity contribution in [2.45, 2.75) is 26.3 Å². The lowest BCUT2D eigenvalue weighted by molar-refractivity contribution is -0.138. The van der Waals surface area contributed by atoms with Crippen molar-refractivity contribution in [2.24, 2.45) is 5.92 Å². The molecule has 0 spiro atoms. The second kappa shape index (κ2) is 6.66. The maximum absolute atomic E-state index is 11.5.